The molecule has 1 aliphatic rings. The van der Waals surface area contributed by atoms with Crippen LogP contribution in [-0.2, 0) is 16.8 Å². The van der Waals surface area contributed by atoms with E-state index in [-0.39, 0.29) is 6.54 Å². The van der Waals surface area contributed by atoms with Gasteiger partial charge >= 0.3 is 0 Å². The zero-order valence-electron chi connectivity index (χ0n) is 9.89. The Bertz CT molecular complexity index is 501. The van der Waals surface area contributed by atoms with Crippen molar-refractivity contribution in [3.05, 3.63) is 35.6 Å². The van der Waals surface area contributed by atoms with Gasteiger partial charge in [0.2, 0.25) is 0 Å². The highest BCUT2D eigenvalue weighted by Gasteiger charge is 2.23. The number of nitrogens with one attached hydrogen (secondary N) is 2. The lowest BCUT2D eigenvalue weighted by Crippen LogP contribution is -2.50. The van der Waals surface area contributed by atoms with Crippen molar-refractivity contribution in [2.45, 2.75) is 6.54 Å². The number of benzene rings is 1. The molecule has 0 bridgehead atoms. The van der Waals surface area contributed by atoms with E-state index in [2.05, 4.69) is 10.0 Å². The molecule has 0 amide bonds. The van der Waals surface area contributed by atoms with Crippen LogP contribution in [0.1, 0.15) is 5.56 Å². The molecule has 5 nitrogen and oxygen atoms in total. The van der Waals surface area contributed by atoms with Gasteiger partial charge in [0.1, 0.15) is 5.82 Å². The first-order valence-corrected chi connectivity index (χ1v) is 7.22. The van der Waals surface area contributed by atoms with E-state index in [1.54, 1.807) is 18.2 Å². The first-order valence-electron chi connectivity index (χ1n) is 5.78. The minimum atomic E-state index is -3.52. The molecule has 100 valence electrons. The second-order valence-corrected chi connectivity index (χ2v) is 5.82. The minimum Gasteiger partial charge on any atom is -0.314 e. The van der Waals surface area contributed by atoms with Crippen LogP contribution in [0.25, 0.3) is 0 Å². The van der Waals surface area contributed by atoms with Gasteiger partial charge in [0.05, 0.1) is 0 Å². The summed E-state index contributed by atoms with van der Waals surface area (Å²) in [6.07, 6.45) is 0. The number of piperazine rings is 1. The Balaban J connectivity index is 1.98. The van der Waals surface area contributed by atoms with Gasteiger partial charge in [0.15, 0.2) is 0 Å². The average Bonchev–Trinajstić information content (AvgIpc) is 2.39. The molecule has 0 aromatic heterocycles. The number of halogens is 1. The Kier molecular flexibility index (Phi) is 4.28. The van der Waals surface area contributed by atoms with Gasteiger partial charge in [-0.3, -0.25) is 0 Å². The Labute approximate surface area is 106 Å². The highest BCUT2D eigenvalue weighted by Crippen LogP contribution is 2.07. The van der Waals surface area contributed by atoms with E-state index >= 15 is 0 Å². The maximum absolute atomic E-state index is 13.3. The quantitative estimate of drug-likeness (QED) is 0.816. The molecule has 1 fully saturated rings. The van der Waals surface area contributed by atoms with Crippen molar-refractivity contribution < 1.29 is 12.8 Å². The highest BCUT2D eigenvalue weighted by molar-refractivity contribution is 7.87. The van der Waals surface area contributed by atoms with Gasteiger partial charge in [0, 0.05) is 38.3 Å². The van der Waals surface area contributed by atoms with Crippen LogP contribution in [0.3, 0.4) is 0 Å². The Hall–Kier alpha value is -1.02. The summed E-state index contributed by atoms with van der Waals surface area (Å²) in [5.74, 6) is -0.402. The molecule has 0 aliphatic carbocycles. The maximum atomic E-state index is 13.3. The molecule has 0 saturated carbocycles. The van der Waals surface area contributed by atoms with Crippen molar-refractivity contribution >= 4 is 10.2 Å². The summed E-state index contributed by atoms with van der Waals surface area (Å²) in [5, 5.41) is 3.08. The van der Waals surface area contributed by atoms with Crippen LogP contribution in [0, 0.1) is 5.82 Å². The Morgan fingerprint density at radius 1 is 1.28 bits per heavy atom. The highest BCUT2D eigenvalue weighted by atomic mass is 32.2. The van der Waals surface area contributed by atoms with Crippen LogP contribution in [0.5, 0.6) is 0 Å². The van der Waals surface area contributed by atoms with E-state index in [9.17, 15) is 12.8 Å². The molecule has 0 unspecified atom stereocenters. The van der Waals surface area contributed by atoms with Crippen LogP contribution in [0.4, 0.5) is 4.39 Å². The van der Waals surface area contributed by atoms with E-state index in [0.717, 1.165) is 0 Å². The average molecular weight is 273 g/mol. The van der Waals surface area contributed by atoms with Crippen LogP contribution >= 0.6 is 0 Å². The minimum absolute atomic E-state index is 0.0288. The molecule has 1 aromatic carbocycles. The smallest absolute Gasteiger partial charge is 0.279 e. The van der Waals surface area contributed by atoms with E-state index < -0.39 is 16.0 Å². The molecule has 1 heterocycles. The maximum Gasteiger partial charge on any atom is 0.279 e. The van der Waals surface area contributed by atoms with Crippen LogP contribution in [0.2, 0.25) is 0 Å². The molecule has 2 rings (SSSR count). The first kappa shape index (κ1) is 13.4. The molecule has 1 aliphatic heterocycles. The third kappa shape index (κ3) is 3.26. The Morgan fingerprint density at radius 3 is 2.61 bits per heavy atom. The summed E-state index contributed by atoms with van der Waals surface area (Å²) < 4.78 is 41.0. The van der Waals surface area contributed by atoms with Gasteiger partial charge in [-0.25, -0.2) is 4.39 Å². The summed E-state index contributed by atoms with van der Waals surface area (Å²) >= 11 is 0. The monoisotopic (exact) mass is 273 g/mol. The number of nitrogens with zero attached hydrogens (tertiary/aromatic N) is 1. The lowest BCUT2D eigenvalue weighted by molar-refractivity contribution is 0.354. The zero-order valence-corrected chi connectivity index (χ0v) is 10.7. The zero-order chi connectivity index (χ0) is 13.0. The van der Waals surface area contributed by atoms with Crippen LogP contribution in [-0.4, -0.2) is 38.9 Å². The standard InChI is InChI=1S/C11H16FN3O2S/c12-11-4-2-1-3-10(11)9-14-18(16,17)15-7-5-13-6-8-15/h1-4,13-14H,5-9H2. The first-order chi connectivity index (χ1) is 8.59. The van der Waals surface area contributed by atoms with E-state index in [1.807, 2.05) is 0 Å². The fourth-order valence-electron chi connectivity index (χ4n) is 1.79. The molecule has 0 atom stereocenters. The summed E-state index contributed by atoms with van der Waals surface area (Å²) in [6.45, 7) is 2.12. The summed E-state index contributed by atoms with van der Waals surface area (Å²) in [5.41, 5.74) is 0.344. The SMILES string of the molecule is O=S(=O)(NCc1ccccc1F)N1CCNCC1. The lowest BCUT2D eigenvalue weighted by Gasteiger charge is -2.26. The molecule has 18 heavy (non-hydrogen) atoms. The predicted molar refractivity (Wildman–Crippen MR) is 66.6 cm³/mol. The van der Waals surface area contributed by atoms with Crippen molar-refractivity contribution in [3.8, 4) is 0 Å². The van der Waals surface area contributed by atoms with Gasteiger partial charge in [-0.05, 0) is 6.07 Å². The van der Waals surface area contributed by atoms with Crippen molar-refractivity contribution in [1.29, 1.82) is 0 Å². The molecule has 1 aromatic rings. The third-order valence-corrected chi connectivity index (χ3v) is 4.37. The second kappa shape index (κ2) is 5.75. The van der Waals surface area contributed by atoms with Gasteiger partial charge in [-0.1, -0.05) is 18.2 Å². The molecular formula is C11H16FN3O2S. The molecule has 0 radical (unpaired) electrons. The predicted octanol–water partition coefficient (Wildman–Crippen LogP) is 0.0653. The van der Waals surface area contributed by atoms with Gasteiger partial charge < -0.3 is 5.32 Å². The topological polar surface area (TPSA) is 61.4 Å². The number of hydrogen-bond acceptors (Lipinski definition) is 3. The molecule has 2 N–H and O–H groups in total. The fraction of sp³-hybridized carbons (Fsp3) is 0.455. The van der Waals surface area contributed by atoms with Gasteiger partial charge in [0.25, 0.3) is 10.2 Å². The summed E-state index contributed by atoms with van der Waals surface area (Å²) in [6, 6.07) is 6.13. The van der Waals surface area contributed by atoms with Crippen LogP contribution < -0.4 is 10.0 Å². The van der Waals surface area contributed by atoms with Crippen molar-refractivity contribution in [2.75, 3.05) is 26.2 Å². The third-order valence-electron chi connectivity index (χ3n) is 2.82. The normalized spacial score (nSPS) is 17.8. The Morgan fingerprint density at radius 2 is 1.94 bits per heavy atom. The molecule has 7 heteroatoms. The lowest BCUT2D eigenvalue weighted by atomic mass is 10.2. The summed E-state index contributed by atoms with van der Waals surface area (Å²) in [7, 11) is -3.52. The molecule has 1 saturated heterocycles. The van der Waals surface area contributed by atoms with E-state index in [4.69, 9.17) is 0 Å². The molecule has 0 spiro atoms. The summed E-state index contributed by atoms with van der Waals surface area (Å²) in [4.78, 5) is 0. The largest absolute Gasteiger partial charge is 0.314 e. The van der Waals surface area contributed by atoms with Gasteiger partial charge in [-0.15, -0.1) is 0 Å². The van der Waals surface area contributed by atoms with E-state index in [1.165, 1.54) is 10.4 Å². The van der Waals surface area contributed by atoms with E-state index in [0.29, 0.717) is 31.7 Å². The fourth-order valence-corrected chi connectivity index (χ4v) is 2.97. The van der Waals surface area contributed by atoms with Crippen LogP contribution in [0.15, 0.2) is 24.3 Å². The molecular weight excluding hydrogens is 257 g/mol. The van der Waals surface area contributed by atoms with Crippen molar-refractivity contribution in [3.63, 3.8) is 0 Å². The van der Waals surface area contributed by atoms with Gasteiger partial charge in [-0.2, -0.15) is 17.4 Å². The van der Waals surface area contributed by atoms with Crippen molar-refractivity contribution in [1.82, 2.24) is 14.3 Å². The number of rotatable bonds is 4. The van der Waals surface area contributed by atoms with Crippen molar-refractivity contribution in [2.24, 2.45) is 0 Å². The second-order valence-electron chi connectivity index (χ2n) is 4.07. The number of hydrogen-bond donors (Lipinski definition) is 2.